The van der Waals surface area contributed by atoms with Crippen LogP contribution in [0.25, 0.3) is 0 Å². The molecule has 0 bridgehead atoms. The molecule has 0 radical (unpaired) electrons. The van der Waals surface area contributed by atoms with E-state index in [2.05, 4.69) is 10.6 Å². The van der Waals surface area contributed by atoms with Gasteiger partial charge in [0.2, 0.25) is 20.2 Å². The van der Waals surface area contributed by atoms with Crippen molar-refractivity contribution in [3.63, 3.8) is 0 Å². The second-order valence-electron chi connectivity index (χ2n) is 13.3. The molecule has 3 amide bonds. The summed E-state index contributed by atoms with van der Waals surface area (Å²) in [6.07, 6.45) is 0.645. The zero-order chi connectivity index (χ0) is 33.3. The molecule has 2 fully saturated rings. The number of carbonyl (C=O) groups excluding carboxylic acids is 3. The number of para-hydroxylation sites is 1. The third kappa shape index (κ3) is 6.25. The lowest BCUT2D eigenvalue weighted by Gasteiger charge is -2.31. The molecule has 3 heterocycles. The van der Waals surface area contributed by atoms with E-state index in [1.54, 1.807) is 41.1 Å². The van der Waals surface area contributed by atoms with Crippen LogP contribution in [0.15, 0.2) is 78.9 Å². The fraction of sp³-hybridized carbons (Fsp3) is 0.417. The number of ether oxygens (including phenoxy) is 1. The third-order valence-corrected chi connectivity index (χ3v) is 12.3. The van der Waals surface area contributed by atoms with Crippen LogP contribution in [0.1, 0.15) is 37.3 Å². The molecule has 9 nitrogen and oxygen atoms in total. The van der Waals surface area contributed by atoms with Crippen molar-refractivity contribution in [1.29, 1.82) is 0 Å². The molecule has 6 rings (SSSR count). The van der Waals surface area contributed by atoms with E-state index in [1.165, 1.54) is 0 Å². The number of aliphatic hydroxyl groups is 1. The predicted molar refractivity (Wildman–Crippen MR) is 181 cm³/mol. The number of anilines is 3. The topological polar surface area (TPSA) is 111 Å². The molecule has 3 aliphatic heterocycles. The quantitative estimate of drug-likeness (QED) is 0.203. The lowest BCUT2D eigenvalue weighted by atomic mass is 9.82. The Hall–Kier alpha value is -3.90. The normalized spacial score (nSPS) is 25.3. The first-order valence-electron chi connectivity index (χ1n) is 16.4. The van der Waals surface area contributed by atoms with E-state index in [4.69, 9.17) is 4.74 Å². The number of hydrogen-bond acceptors (Lipinski definition) is 6. The maximum atomic E-state index is 16.4. The van der Waals surface area contributed by atoms with Crippen molar-refractivity contribution in [2.45, 2.75) is 69.1 Å². The van der Waals surface area contributed by atoms with Gasteiger partial charge in [0.25, 0.3) is 5.91 Å². The maximum absolute atomic E-state index is 16.4. The summed E-state index contributed by atoms with van der Waals surface area (Å²) >= 11 is 0. The van der Waals surface area contributed by atoms with E-state index >= 15 is 4.11 Å². The van der Waals surface area contributed by atoms with Gasteiger partial charge >= 0.3 is 0 Å². The lowest BCUT2D eigenvalue weighted by Crippen LogP contribution is -2.44. The summed E-state index contributed by atoms with van der Waals surface area (Å²) in [6.45, 7) is 6.02. The highest BCUT2D eigenvalue weighted by atomic mass is 28.4. The summed E-state index contributed by atoms with van der Waals surface area (Å²) in [4.78, 5) is 44.9. The highest BCUT2D eigenvalue weighted by Crippen LogP contribution is 2.61. The number of rotatable bonds is 10. The first-order chi connectivity index (χ1) is 22.5. The van der Waals surface area contributed by atoms with Crippen LogP contribution < -0.4 is 15.5 Å². The van der Waals surface area contributed by atoms with E-state index in [1.807, 2.05) is 67.6 Å². The molecule has 0 aliphatic carbocycles. The van der Waals surface area contributed by atoms with E-state index < -0.39 is 31.6 Å². The van der Waals surface area contributed by atoms with E-state index in [0.717, 1.165) is 24.9 Å². The van der Waals surface area contributed by atoms with E-state index in [-0.39, 0.29) is 49.9 Å². The molecule has 5 atom stereocenters. The SMILES string of the molecule is C[C@@H]1[C@@H]([Si](C)(C)F)[C@H](CC(=O)N(CCO)Cc2ccccc2)O[C@@]12C(=O)N(c1ccccc1)c1ccc(NC(=O)[C@H]3CCCN3)cc12. The number of aliphatic hydroxyl groups excluding tert-OH is 1. The van der Waals surface area contributed by atoms with E-state index in [0.29, 0.717) is 22.6 Å². The summed E-state index contributed by atoms with van der Waals surface area (Å²) in [5, 5.41) is 16.0. The molecular weight excluding hydrogens is 616 g/mol. The van der Waals surface area contributed by atoms with Crippen molar-refractivity contribution in [2.75, 3.05) is 29.9 Å². The summed E-state index contributed by atoms with van der Waals surface area (Å²) in [5.74, 6) is -1.39. The monoisotopic (exact) mass is 658 g/mol. The zero-order valence-corrected chi connectivity index (χ0v) is 28.1. The van der Waals surface area contributed by atoms with Crippen LogP contribution in [0.2, 0.25) is 18.6 Å². The number of amides is 3. The van der Waals surface area contributed by atoms with Gasteiger partial charge in [-0.15, -0.1) is 0 Å². The molecular formula is C36H43FN4O5Si. The number of benzene rings is 3. The number of hydrogen-bond donors (Lipinski definition) is 3. The Morgan fingerprint density at radius 2 is 1.81 bits per heavy atom. The molecule has 3 N–H and O–H groups in total. The van der Waals surface area contributed by atoms with Crippen LogP contribution in [-0.4, -0.2) is 68.0 Å². The predicted octanol–water partition coefficient (Wildman–Crippen LogP) is 5.24. The molecule has 3 aliphatic rings. The molecule has 2 saturated heterocycles. The van der Waals surface area contributed by atoms with Gasteiger partial charge in [-0.2, -0.15) is 0 Å². The summed E-state index contributed by atoms with van der Waals surface area (Å²) < 4.78 is 23.3. The van der Waals surface area contributed by atoms with Gasteiger partial charge in [0.15, 0.2) is 5.60 Å². The summed E-state index contributed by atoms with van der Waals surface area (Å²) in [6, 6.07) is 23.8. The van der Waals surface area contributed by atoms with Crippen molar-refractivity contribution in [1.82, 2.24) is 10.2 Å². The van der Waals surface area contributed by atoms with Crippen LogP contribution in [0, 0.1) is 5.92 Å². The second-order valence-corrected chi connectivity index (χ2v) is 17.1. The number of nitrogens with one attached hydrogen (secondary N) is 2. The standard InChI is InChI=1S/C36H43FN4O5Si/c1-24-33(47(2,3)37)31(22-32(43)40(19-20-42)23-25-11-6-4-7-12-25)46-36(24)28-21-26(39-34(44)29-15-10-18-38-29)16-17-30(28)41(35(36)45)27-13-8-5-9-14-27/h4-9,11-14,16-17,21,24,29,31,33,38,42H,10,15,18-20,22-23H2,1-3H3,(H,39,44)/t24-,29-,31+,33-,36+/m1/s1. The Balaban J connectivity index is 1.38. The molecule has 1 spiro atoms. The number of nitrogens with zero attached hydrogens (tertiary/aromatic N) is 2. The minimum Gasteiger partial charge on any atom is -0.395 e. The fourth-order valence-corrected chi connectivity index (χ4v) is 10.2. The molecule has 3 aromatic carbocycles. The number of halogens is 1. The van der Waals surface area contributed by atoms with Gasteiger partial charge in [0.1, 0.15) is 0 Å². The Kier molecular flexibility index (Phi) is 9.35. The van der Waals surface area contributed by atoms with Gasteiger partial charge in [-0.3, -0.25) is 19.3 Å². The average Bonchev–Trinajstić information content (AvgIpc) is 3.75. The van der Waals surface area contributed by atoms with Crippen molar-refractivity contribution in [3.8, 4) is 0 Å². The van der Waals surface area contributed by atoms with Gasteiger partial charge in [0, 0.05) is 41.5 Å². The van der Waals surface area contributed by atoms with Gasteiger partial charge in [0.05, 0.1) is 30.9 Å². The minimum atomic E-state index is -3.54. The summed E-state index contributed by atoms with van der Waals surface area (Å²) in [5.41, 5.74) is 0.945. The minimum absolute atomic E-state index is 0.116. The molecule has 248 valence electrons. The van der Waals surface area contributed by atoms with Gasteiger partial charge < -0.3 is 29.5 Å². The lowest BCUT2D eigenvalue weighted by molar-refractivity contribution is -0.149. The van der Waals surface area contributed by atoms with Crippen LogP contribution in [-0.2, 0) is 31.3 Å². The molecule has 3 aromatic rings. The Bertz CT molecular complexity index is 1610. The van der Waals surface area contributed by atoms with Crippen LogP contribution in [0.4, 0.5) is 21.2 Å². The number of carbonyl (C=O) groups is 3. The van der Waals surface area contributed by atoms with Crippen LogP contribution in [0.5, 0.6) is 0 Å². The van der Waals surface area contributed by atoms with E-state index in [9.17, 15) is 19.5 Å². The number of fused-ring (bicyclic) bond motifs is 2. The fourth-order valence-electron chi connectivity index (χ4n) is 7.74. The smallest absolute Gasteiger partial charge is 0.268 e. The summed E-state index contributed by atoms with van der Waals surface area (Å²) in [7, 11) is -3.54. The van der Waals surface area contributed by atoms with Crippen LogP contribution >= 0.6 is 0 Å². The third-order valence-electron chi connectivity index (χ3n) is 9.84. The Labute approximate surface area is 276 Å². The molecule has 47 heavy (non-hydrogen) atoms. The van der Waals surface area contributed by atoms with Gasteiger partial charge in [-0.25, -0.2) is 0 Å². The van der Waals surface area contributed by atoms with Crippen molar-refractivity contribution >= 4 is 43.2 Å². The largest absolute Gasteiger partial charge is 0.395 e. The van der Waals surface area contributed by atoms with Crippen molar-refractivity contribution in [3.05, 3.63) is 90.0 Å². The Morgan fingerprint density at radius 1 is 1.11 bits per heavy atom. The molecule has 0 aromatic heterocycles. The maximum Gasteiger partial charge on any atom is 0.268 e. The molecule has 0 unspecified atom stereocenters. The first-order valence-corrected chi connectivity index (χ1v) is 19.4. The van der Waals surface area contributed by atoms with Crippen molar-refractivity contribution in [2.24, 2.45) is 5.92 Å². The molecule has 0 saturated carbocycles. The van der Waals surface area contributed by atoms with Gasteiger partial charge in [-0.05, 0) is 68.4 Å². The Morgan fingerprint density at radius 3 is 2.45 bits per heavy atom. The highest BCUT2D eigenvalue weighted by molar-refractivity contribution is 6.72. The average molecular weight is 659 g/mol. The van der Waals surface area contributed by atoms with Gasteiger partial charge in [-0.1, -0.05) is 55.5 Å². The van der Waals surface area contributed by atoms with Crippen LogP contribution in [0.3, 0.4) is 0 Å². The first kappa shape index (κ1) is 33.0. The second kappa shape index (κ2) is 13.3. The molecule has 11 heteroatoms. The highest BCUT2D eigenvalue weighted by Gasteiger charge is 2.67. The zero-order valence-electron chi connectivity index (χ0n) is 27.1. The van der Waals surface area contributed by atoms with Crippen molar-refractivity contribution < 1.29 is 28.3 Å².